The third-order valence-electron chi connectivity index (χ3n) is 2.56. The fourth-order valence-corrected chi connectivity index (χ4v) is 1.95. The van der Waals surface area contributed by atoms with Crippen molar-refractivity contribution in [1.82, 2.24) is 5.32 Å². The third-order valence-corrected chi connectivity index (χ3v) is 3.61. The molecule has 0 fully saturated rings. The van der Waals surface area contributed by atoms with Gasteiger partial charge in [-0.1, -0.05) is 19.1 Å². The van der Waals surface area contributed by atoms with Crippen molar-refractivity contribution in [2.45, 2.75) is 37.6 Å². The first-order chi connectivity index (χ1) is 7.94. The smallest absolute Gasteiger partial charge is 0.230 e. The predicted molar refractivity (Wildman–Crippen MR) is 69.6 cm³/mol. The number of halogens is 1. The number of hydrogen-bond donors (Lipinski definition) is 1. The molecule has 0 aromatic heterocycles. The largest absolute Gasteiger partial charge is 0.351 e. The highest BCUT2D eigenvalue weighted by Crippen LogP contribution is 2.21. The van der Waals surface area contributed by atoms with Gasteiger partial charge in [0, 0.05) is 10.4 Å². The van der Waals surface area contributed by atoms with Crippen molar-refractivity contribution in [3.8, 4) is 0 Å². The van der Waals surface area contributed by atoms with Gasteiger partial charge in [0.05, 0.1) is 5.75 Å². The Balaban J connectivity index is 2.47. The second-order valence-corrected chi connectivity index (χ2v) is 5.52. The van der Waals surface area contributed by atoms with Crippen molar-refractivity contribution < 1.29 is 9.18 Å². The summed E-state index contributed by atoms with van der Waals surface area (Å²) in [4.78, 5) is 12.2. The van der Waals surface area contributed by atoms with E-state index in [1.807, 2.05) is 20.8 Å². The van der Waals surface area contributed by atoms with Gasteiger partial charge in [-0.3, -0.25) is 4.79 Å². The molecule has 1 rings (SSSR count). The van der Waals surface area contributed by atoms with Gasteiger partial charge in [-0.25, -0.2) is 4.39 Å². The van der Waals surface area contributed by atoms with E-state index in [1.54, 1.807) is 18.2 Å². The molecule has 1 aromatic rings. The summed E-state index contributed by atoms with van der Waals surface area (Å²) in [5, 5.41) is 2.91. The fraction of sp³-hybridized carbons (Fsp3) is 0.462. The predicted octanol–water partition coefficient (Wildman–Crippen LogP) is 3.22. The van der Waals surface area contributed by atoms with Gasteiger partial charge >= 0.3 is 0 Å². The fourth-order valence-electron chi connectivity index (χ4n) is 1.21. The van der Waals surface area contributed by atoms with Gasteiger partial charge < -0.3 is 5.32 Å². The highest BCUT2D eigenvalue weighted by molar-refractivity contribution is 8.00. The van der Waals surface area contributed by atoms with Crippen LogP contribution in [-0.2, 0) is 4.79 Å². The van der Waals surface area contributed by atoms with Gasteiger partial charge in [-0.2, -0.15) is 0 Å². The number of amides is 1. The monoisotopic (exact) mass is 255 g/mol. The van der Waals surface area contributed by atoms with Crippen LogP contribution in [0.5, 0.6) is 0 Å². The third kappa shape index (κ3) is 4.77. The van der Waals surface area contributed by atoms with Crippen LogP contribution in [0.25, 0.3) is 0 Å². The number of rotatable bonds is 5. The summed E-state index contributed by atoms with van der Waals surface area (Å²) in [5.74, 6) is -0.102. The minimum atomic E-state index is -0.278. The summed E-state index contributed by atoms with van der Waals surface area (Å²) in [6, 6.07) is 6.48. The maximum absolute atomic E-state index is 13.3. The Labute approximate surface area is 106 Å². The lowest BCUT2D eigenvalue weighted by Crippen LogP contribution is -2.43. The van der Waals surface area contributed by atoms with Crippen molar-refractivity contribution in [2.24, 2.45) is 0 Å². The summed E-state index contributed by atoms with van der Waals surface area (Å²) >= 11 is 1.22. The van der Waals surface area contributed by atoms with Crippen LogP contribution in [0, 0.1) is 5.82 Å². The molecule has 4 heteroatoms. The topological polar surface area (TPSA) is 29.1 Å². The molecular formula is C13H18FNOS. The number of nitrogens with one attached hydrogen (secondary N) is 1. The lowest BCUT2D eigenvalue weighted by Gasteiger charge is -2.24. The average molecular weight is 255 g/mol. The van der Waals surface area contributed by atoms with Crippen molar-refractivity contribution in [3.63, 3.8) is 0 Å². The van der Waals surface area contributed by atoms with E-state index in [9.17, 15) is 9.18 Å². The second-order valence-electron chi connectivity index (χ2n) is 4.50. The van der Waals surface area contributed by atoms with E-state index >= 15 is 0 Å². The van der Waals surface area contributed by atoms with Crippen molar-refractivity contribution in [2.75, 3.05) is 5.75 Å². The van der Waals surface area contributed by atoms with E-state index in [-0.39, 0.29) is 23.0 Å². The minimum absolute atomic E-state index is 0.0647. The Morgan fingerprint density at radius 3 is 2.65 bits per heavy atom. The maximum atomic E-state index is 13.3. The molecule has 2 nitrogen and oxygen atoms in total. The van der Waals surface area contributed by atoms with E-state index in [4.69, 9.17) is 0 Å². The summed E-state index contributed by atoms with van der Waals surface area (Å²) in [6.07, 6.45) is 0.864. The minimum Gasteiger partial charge on any atom is -0.351 e. The molecule has 1 aromatic carbocycles. The number of carbonyl (C=O) groups excluding carboxylic acids is 1. The van der Waals surface area contributed by atoms with Crippen LogP contribution in [-0.4, -0.2) is 17.2 Å². The molecule has 0 saturated carbocycles. The zero-order chi connectivity index (χ0) is 12.9. The van der Waals surface area contributed by atoms with Crippen LogP contribution in [0.4, 0.5) is 4.39 Å². The zero-order valence-corrected chi connectivity index (χ0v) is 11.2. The van der Waals surface area contributed by atoms with Gasteiger partial charge in [0.15, 0.2) is 0 Å². The Bertz CT molecular complexity index is 393. The Morgan fingerprint density at radius 2 is 2.06 bits per heavy atom. The van der Waals surface area contributed by atoms with E-state index in [1.165, 1.54) is 17.8 Å². The summed E-state index contributed by atoms with van der Waals surface area (Å²) in [5.41, 5.74) is -0.202. The summed E-state index contributed by atoms with van der Waals surface area (Å²) < 4.78 is 13.3. The first-order valence-electron chi connectivity index (χ1n) is 5.63. The molecular weight excluding hydrogens is 237 g/mol. The Hall–Kier alpha value is -1.03. The molecule has 0 atom stereocenters. The zero-order valence-electron chi connectivity index (χ0n) is 10.4. The van der Waals surface area contributed by atoms with E-state index in [0.29, 0.717) is 4.90 Å². The molecule has 1 amide bonds. The van der Waals surface area contributed by atoms with Gasteiger partial charge in [0.1, 0.15) is 5.82 Å². The summed E-state index contributed by atoms with van der Waals surface area (Å²) in [7, 11) is 0. The molecule has 0 unspecified atom stereocenters. The number of hydrogen-bond acceptors (Lipinski definition) is 2. The van der Waals surface area contributed by atoms with Gasteiger partial charge in [-0.15, -0.1) is 11.8 Å². The molecule has 0 radical (unpaired) electrons. The number of benzene rings is 1. The molecule has 0 bridgehead atoms. The van der Waals surface area contributed by atoms with Crippen LogP contribution >= 0.6 is 11.8 Å². The first-order valence-corrected chi connectivity index (χ1v) is 6.61. The van der Waals surface area contributed by atoms with Crippen LogP contribution in [0.3, 0.4) is 0 Å². The Kier molecular flexibility index (Phi) is 5.00. The second kappa shape index (κ2) is 6.05. The highest BCUT2D eigenvalue weighted by Gasteiger charge is 2.17. The lowest BCUT2D eigenvalue weighted by atomic mass is 10.0. The van der Waals surface area contributed by atoms with Crippen LogP contribution in [0.1, 0.15) is 27.2 Å². The molecule has 0 spiro atoms. The van der Waals surface area contributed by atoms with Crippen molar-refractivity contribution in [1.29, 1.82) is 0 Å². The van der Waals surface area contributed by atoms with Crippen LogP contribution < -0.4 is 5.32 Å². The number of carbonyl (C=O) groups is 1. The molecule has 94 valence electrons. The quantitative estimate of drug-likeness (QED) is 0.818. The molecule has 0 aliphatic heterocycles. The lowest BCUT2D eigenvalue weighted by molar-refractivity contribution is -0.120. The molecule has 17 heavy (non-hydrogen) atoms. The SMILES string of the molecule is CCC(C)(C)NC(=O)CSc1ccccc1F. The standard InChI is InChI=1S/C13H18FNOS/c1-4-13(2,3)15-12(16)9-17-11-8-6-5-7-10(11)14/h5-8H,4,9H2,1-3H3,(H,15,16). The van der Waals surface area contributed by atoms with Crippen molar-refractivity contribution >= 4 is 17.7 Å². The van der Waals surface area contributed by atoms with E-state index < -0.39 is 0 Å². The molecule has 0 saturated heterocycles. The van der Waals surface area contributed by atoms with Gasteiger partial charge in [0.2, 0.25) is 5.91 Å². The maximum Gasteiger partial charge on any atom is 0.230 e. The van der Waals surface area contributed by atoms with Gasteiger partial charge in [-0.05, 0) is 32.4 Å². The van der Waals surface area contributed by atoms with Gasteiger partial charge in [0.25, 0.3) is 0 Å². The highest BCUT2D eigenvalue weighted by atomic mass is 32.2. The normalized spacial score (nSPS) is 11.3. The van der Waals surface area contributed by atoms with E-state index in [2.05, 4.69) is 5.32 Å². The summed E-state index contributed by atoms with van der Waals surface area (Å²) in [6.45, 7) is 5.96. The molecule has 0 heterocycles. The van der Waals surface area contributed by atoms with Crippen LogP contribution in [0.15, 0.2) is 29.2 Å². The van der Waals surface area contributed by atoms with E-state index in [0.717, 1.165) is 6.42 Å². The Morgan fingerprint density at radius 1 is 1.41 bits per heavy atom. The van der Waals surface area contributed by atoms with Crippen molar-refractivity contribution in [3.05, 3.63) is 30.1 Å². The number of thioether (sulfide) groups is 1. The average Bonchev–Trinajstić information content (AvgIpc) is 2.27. The van der Waals surface area contributed by atoms with Crippen LogP contribution in [0.2, 0.25) is 0 Å². The molecule has 1 N–H and O–H groups in total. The molecule has 0 aliphatic rings. The first kappa shape index (κ1) is 14.0. The molecule has 0 aliphatic carbocycles.